The first kappa shape index (κ1) is 19.4. The van der Waals surface area contributed by atoms with Crippen molar-refractivity contribution in [3.63, 3.8) is 0 Å². The number of aromatic nitrogens is 2. The fourth-order valence-electron chi connectivity index (χ4n) is 3.34. The summed E-state index contributed by atoms with van der Waals surface area (Å²) in [6.45, 7) is 2.02. The van der Waals surface area contributed by atoms with Crippen LogP contribution in [-0.4, -0.2) is 34.2 Å². The van der Waals surface area contributed by atoms with E-state index < -0.39 is 11.7 Å². The van der Waals surface area contributed by atoms with Crippen LogP contribution >= 0.6 is 0 Å². The minimum atomic E-state index is -4.37. The van der Waals surface area contributed by atoms with Gasteiger partial charge in [-0.05, 0) is 31.0 Å². The average Bonchev–Trinajstić information content (AvgIpc) is 3.18. The fraction of sp³-hybridized carbons (Fsp3) is 0.333. The number of halogens is 3. The molecule has 8 heteroatoms. The van der Waals surface area contributed by atoms with Crippen LogP contribution in [0.25, 0.3) is 11.4 Å². The summed E-state index contributed by atoms with van der Waals surface area (Å²) >= 11 is 0. The Balaban J connectivity index is 1.30. The minimum Gasteiger partial charge on any atom is -0.490 e. The van der Waals surface area contributed by atoms with Gasteiger partial charge in [-0.15, -0.1) is 0 Å². The van der Waals surface area contributed by atoms with Crippen LogP contribution < -0.4 is 4.74 Å². The van der Waals surface area contributed by atoms with Crippen molar-refractivity contribution in [3.05, 3.63) is 66.1 Å². The van der Waals surface area contributed by atoms with Crippen LogP contribution in [0.1, 0.15) is 24.3 Å². The van der Waals surface area contributed by atoms with Gasteiger partial charge in [-0.3, -0.25) is 4.90 Å². The molecule has 152 valence electrons. The Morgan fingerprint density at radius 2 is 1.79 bits per heavy atom. The number of ether oxygens (including phenoxy) is 1. The summed E-state index contributed by atoms with van der Waals surface area (Å²) in [6, 6.07) is 14.6. The molecule has 0 atom stereocenters. The topological polar surface area (TPSA) is 51.4 Å². The summed E-state index contributed by atoms with van der Waals surface area (Å²) in [5, 5.41) is 4.02. The zero-order valence-corrected chi connectivity index (χ0v) is 15.6. The van der Waals surface area contributed by atoms with Gasteiger partial charge >= 0.3 is 6.18 Å². The normalized spacial score (nSPS) is 16.1. The van der Waals surface area contributed by atoms with E-state index >= 15 is 0 Å². The van der Waals surface area contributed by atoms with Crippen LogP contribution in [0.2, 0.25) is 0 Å². The van der Waals surface area contributed by atoms with Gasteiger partial charge in [0, 0.05) is 18.7 Å². The molecule has 0 bridgehead atoms. The van der Waals surface area contributed by atoms with Crippen LogP contribution in [0.15, 0.2) is 59.1 Å². The number of likely N-dealkylation sites (tertiary alicyclic amines) is 1. The van der Waals surface area contributed by atoms with E-state index in [1.165, 1.54) is 6.07 Å². The van der Waals surface area contributed by atoms with Crippen LogP contribution in [-0.2, 0) is 12.7 Å². The molecule has 3 aromatic rings. The zero-order chi connectivity index (χ0) is 20.3. The first-order valence-corrected chi connectivity index (χ1v) is 9.42. The third kappa shape index (κ3) is 4.95. The molecule has 1 saturated heterocycles. The number of hydrogen-bond donors (Lipinski definition) is 0. The maximum Gasteiger partial charge on any atom is 0.416 e. The van der Waals surface area contributed by atoms with E-state index in [0.717, 1.165) is 43.6 Å². The second-order valence-electron chi connectivity index (χ2n) is 7.00. The lowest BCUT2D eigenvalue weighted by atomic mass is 10.1. The van der Waals surface area contributed by atoms with E-state index in [1.54, 1.807) is 6.07 Å². The molecular weight excluding hydrogens is 383 g/mol. The molecule has 1 aromatic heterocycles. The number of piperidine rings is 1. The predicted octanol–water partition coefficient (Wildman–Crippen LogP) is 4.80. The molecule has 0 spiro atoms. The van der Waals surface area contributed by atoms with Crippen LogP contribution in [0, 0.1) is 0 Å². The van der Waals surface area contributed by atoms with Crippen LogP contribution in [0.4, 0.5) is 13.2 Å². The number of benzene rings is 2. The molecule has 1 fully saturated rings. The van der Waals surface area contributed by atoms with Gasteiger partial charge in [0.1, 0.15) is 11.9 Å². The van der Waals surface area contributed by atoms with Crippen LogP contribution in [0.3, 0.4) is 0 Å². The fourth-order valence-corrected chi connectivity index (χ4v) is 3.34. The van der Waals surface area contributed by atoms with Crippen molar-refractivity contribution in [2.75, 3.05) is 13.1 Å². The highest BCUT2D eigenvalue weighted by Gasteiger charge is 2.31. The van der Waals surface area contributed by atoms with Gasteiger partial charge in [-0.1, -0.05) is 41.6 Å². The van der Waals surface area contributed by atoms with Crippen molar-refractivity contribution >= 4 is 0 Å². The average molecular weight is 403 g/mol. The minimum absolute atomic E-state index is 0.114. The molecule has 2 aromatic carbocycles. The molecule has 5 nitrogen and oxygen atoms in total. The van der Waals surface area contributed by atoms with E-state index in [4.69, 9.17) is 9.26 Å². The summed E-state index contributed by atoms with van der Waals surface area (Å²) in [7, 11) is 0. The Kier molecular flexibility index (Phi) is 5.53. The summed E-state index contributed by atoms with van der Waals surface area (Å²) in [4.78, 5) is 6.61. The summed E-state index contributed by atoms with van der Waals surface area (Å²) in [5.74, 6) is 1.35. The van der Waals surface area contributed by atoms with Crippen molar-refractivity contribution in [3.8, 4) is 17.1 Å². The molecule has 0 unspecified atom stereocenters. The Morgan fingerprint density at radius 1 is 1.03 bits per heavy atom. The Labute approximate surface area is 166 Å². The lowest BCUT2D eigenvalue weighted by Crippen LogP contribution is -2.37. The second-order valence-corrected chi connectivity index (χ2v) is 7.00. The van der Waals surface area contributed by atoms with Gasteiger partial charge in [0.25, 0.3) is 0 Å². The standard InChI is InChI=1S/C21H20F3N3O2/c22-21(23,24)16-7-4-8-18(13-16)28-17-9-11-27(12-10-17)14-19-25-20(26-29-19)15-5-2-1-3-6-15/h1-8,13,17H,9-12,14H2. The van der Waals surface area contributed by atoms with Gasteiger partial charge in [0.2, 0.25) is 11.7 Å². The molecule has 0 aliphatic carbocycles. The van der Waals surface area contributed by atoms with E-state index in [-0.39, 0.29) is 11.9 Å². The third-order valence-corrected chi connectivity index (χ3v) is 4.86. The summed E-state index contributed by atoms with van der Waals surface area (Å²) in [6.07, 6.45) is -3.05. The van der Waals surface area contributed by atoms with Crippen LogP contribution in [0.5, 0.6) is 5.75 Å². The van der Waals surface area contributed by atoms with Crippen molar-refractivity contribution in [1.82, 2.24) is 15.0 Å². The predicted molar refractivity (Wildman–Crippen MR) is 100 cm³/mol. The van der Waals surface area contributed by atoms with E-state index in [0.29, 0.717) is 18.3 Å². The van der Waals surface area contributed by atoms with E-state index in [2.05, 4.69) is 15.0 Å². The van der Waals surface area contributed by atoms with Crippen molar-refractivity contribution in [2.45, 2.75) is 31.7 Å². The number of hydrogen-bond acceptors (Lipinski definition) is 5. The van der Waals surface area contributed by atoms with Gasteiger partial charge in [-0.25, -0.2) is 0 Å². The molecule has 0 radical (unpaired) electrons. The lowest BCUT2D eigenvalue weighted by Gasteiger charge is -2.31. The molecule has 1 aliphatic rings. The number of rotatable bonds is 5. The van der Waals surface area contributed by atoms with Gasteiger partial charge < -0.3 is 9.26 Å². The summed E-state index contributed by atoms with van der Waals surface area (Å²) in [5.41, 5.74) is 0.203. The SMILES string of the molecule is FC(F)(F)c1cccc(OC2CCN(Cc3nc(-c4ccccc4)no3)CC2)c1. The van der Waals surface area contributed by atoms with Crippen molar-refractivity contribution < 1.29 is 22.4 Å². The highest BCUT2D eigenvalue weighted by Crippen LogP contribution is 2.32. The third-order valence-electron chi connectivity index (χ3n) is 4.86. The van der Waals surface area contributed by atoms with E-state index in [9.17, 15) is 13.2 Å². The van der Waals surface area contributed by atoms with Crippen molar-refractivity contribution in [2.24, 2.45) is 0 Å². The smallest absolute Gasteiger partial charge is 0.416 e. The lowest BCUT2D eigenvalue weighted by molar-refractivity contribution is -0.137. The van der Waals surface area contributed by atoms with Crippen molar-refractivity contribution in [1.29, 1.82) is 0 Å². The molecular formula is C21H20F3N3O2. The molecule has 2 heterocycles. The quantitative estimate of drug-likeness (QED) is 0.613. The number of alkyl halides is 3. The maximum absolute atomic E-state index is 12.8. The van der Waals surface area contributed by atoms with E-state index in [1.807, 2.05) is 30.3 Å². The Morgan fingerprint density at radius 3 is 2.52 bits per heavy atom. The molecule has 0 amide bonds. The largest absolute Gasteiger partial charge is 0.490 e. The molecule has 4 rings (SSSR count). The number of nitrogens with zero attached hydrogens (tertiary/aromatic N) is 3. The first-order chi connectivity index (χ1) is 14.0. The Bertz CT molecular complexity index is 936. The highest BCUT2D eigenvalue weighted by atomic mass is 19.4. The molecule has 0 N–H and O–H groups in total. The summed E-state index contributed by atoms with van der Waals surface area (Å²) < 4.78 is 49.6. The molecule has 1 aliphatic heterocycles. The molecule has 29 heavy (non-hydrogen) atoms. The Hall–Kier alpha value is -2.87. The second kappa shape index (κ2) is 8.24. The maximum atomic E-state index is 12.8. The molecule has 0 saturated carbocycles. The first-order valence-electron chi connectivity index (χ1n) is 9.42. The zero-order valence-electron chi connectivity index (χ0n) is 15.6. The van der Waals surface area contributed by atoms with Gasteiger partial charge in [0.05, 0.1) is 12.1 Å². The van der Waals surface area contributed by atoms with Gasteiger partial charge in [-0.2, -0.15) is 18.2 Å². The monoisotopic (exact) mass is 403 g/mol. The van der Waals surface area contributed by atoms with Gasteiger partial charge in [0.15, 0.2) is 0 Å². The highest BCUT2D eigenvalue weighted by molar-refractivity contribution is 5.53.